The van der Waals surface area contributed by atoms with Crippen molar-refractivity contribution in [3.05, 3.63) is 45.6 Å². The van der Waals surface area contributed by atoms with Gasteiger partial charge in [0, 0.05) is 23.0 Å². The largest absolute Gasteiger partial charge is 0.398 e. The van der Waals surface area contributed by atoms with E-state index in [1.165, 1.54) is 33.8 Å². The van der Waals surface area contributed by atoms with E-state index < -0.39 is 10.0 Å². The summed E-state index contributed by atoms with van der Waals surface area (Å²) in [5, 5.41) is 2.34. The molecule has 0 aliphatic rings. The molecule has 0 aliphatic carbocycles. The molecule has 0 amide bonds. The van der Waals surface area contributed by atoms with Gasteiger partial charge >= 0.3 is 0 Å². The van der Waals surface area contributed by atoms with E-state index in [1.807, 2.05) is 17.5 Å². The van der Waals surface area contributed by atoms with Gasteiger partial charge < -0.3 is 5.73 Å². The Morgan fingerprint density at radius 1 is 1.35 bits per heavy atom. The summed E-state index contributed by atoms with van der Waals surface area (Å²) in [5.74, 6) is 0. The molecule has 0 unspecified atom stereocenters. The molecule has 1 aromatic carbocycles. The van der Waals surface area contributed by atoms with Crippen molar-refractivity contribution < 1.29 is 8.42 Å². The zero-order valence-corrected chi connectivity index (χ0v) is 13.3. The molecule has 0 saturated carbocycles. The molecule has 0 atom stereocenters. The summed E-state index contributed by atoms with van der Waals surface area (Å²) in [6.07, 6.45) is 0. The van der Waals surface area contributed by atoms with Crippen LogP contribution >= 0.6 is 22.9 Å². The Hall–Kier alpha value is -1.08. The van der Waals surface area contributed by atoms with Crippen molar-refractivity contribution in [1.29, 1.82) is 0 Å². The molecule has 2 rings (SSSR count). The fourth-order valence-corrected chi connectivity index (χ4v) is 4.34. The van der Waals surface area contributed by atoms with Crippen molar-refractivity contribution in [1.82, 2.24) is 4.31 Å². The van der Waals surface area contributed by atoms with Crippen molar-refractivity contribution in [3.8, 4) is 0 Å². The molecule has 0 aliphatic heterocycles. The molecule has 108 valence electrons. The van der Waals surface area contributed by atoms with E-state index in [2.05, 4.69) is 0 Å². The van der Waals surface area contributed by atoms with Crippen LogP contribution in [0.3, 0.4) is 0 Å². The van der Waals surface area contributed by atoms with Gasteiger partial charge in [-0.1, -0.05) is 24.6 Å². The molecular weight excluding hydrogens is 316 g/mol. The monoisotopic (exact) mass is 330 g/mol. The lowest BCUT2D eigenvalue weighted by atomic mass is 10.3. The number of thiophene rings is 1. The highest BCUT2D eigenvalue weighted by atomic mass is 35.5. The summed E-state index contributed by atoms with van der Waals surface area (Å²) in [6, 6.07) is 8.24. The van der Waals surface area contributed by atoms with E-state index in [4.69, 9.17) is 17.3 Å². The molecule has 0 fully saturated rings. The molecular formula is C13H15ClN2O2S2. The predicted octanol–water partition coefficient (Wildman–Crippen LogP) is 3.19. The lowest BCUT2D eigenvalue weighted by Crippen LogP contribution is -2.30. The van der Waals surface area contributed by atoms with E-state index in [0.717, 1.165) is 4.88 Å². The topological polar surface area (TPSA) is 63.4 Å². The Morgan fingerprint density at radius 2 is 2.10 bits per heavy atom. The van der Waals surface area contributed by atoms with E-state index in [0.29, 0.717) is 18.1 Å². The number of nitrogen functional groups attached to an aromatic ring is 1. The first-order valence-corrected chi connectivity index (χ1v) is 8.72. The van der Waals surface area contributed by atoms with E-state index in [9.17, 15) is 8.42 Å². The van der Waals surface area contributed by atoms with Crippen LogP contribution in [0.4, 0.5) is 5.69 Å². The Balaban J connectivity index is 2.36. The average molecular weight is 331 g/mol. The zero-order valence-electron chi connectivity index (χ0n) is 10.9. The third kappa shape index (κ3) is 3.15. The van der Waals surface area contributed by atoms with Crippen LogP contribution in [0.25, 0.3) is 0 Å². The Labute approximate surface area is 127 Å². The molecule has 20 heavy (non-hydrogen) atoms. The van der Waals surface area contributed by atoms with Gasteiger partial charge in [0.15, 0.2) is 0 Å². The number of hydrogen-bond donors (Lipinski definition) is 1. The van der Waals surface area contributed by atoms with Gasteiger partial charge in [-0.2, -0.15) is 4.31 Å². The lowest BCUT2D eigenvalue weighted by molar-refractivity contribution is 0.426. The van der Waals surface area contributed by atoms with Crippen molar-refractivity contribution in [3.63, 3.8) is 0 Å². The number of nitrogens with zero attached hydrogens (tertiary/aromatic N) is 1. The Bertz CT molecular complexity index is 684. The van der Waals surface area contributed by atoms with Gasteiger partial charge in [-0.15, -0.1) is 11.3 Å². The maximum Gasteiger partial charge on any atom is 0.245 e. The molecule has 0 saturated heterocycles. The second kappa shape index (κ2) is 6.13. The minimum atomic E-state index is -3.62. The van der Waals surface area contributed by atoms with E-state index >= 15 is 0 Å². The molecule has 2 aromatic rings. The van der Waals surface area contributed by atoms with Gasteiger partial charge in [0.25, 0.3) is 0 Å². The first-order chi connectivity index (χ1) is 9.45. The van der Waals surface area contributed by atoms with Crippen LogP contribution in [-0.4, -0.2) is 19.3 Å². The molecule has 1 heterocycles. The lowest BCUT2D eigenvalue weighted by Gasteiger charge is -2.20. The van der Waals surface area contributed by atoms with Crippen LogP contribution in [0.15, 0.2) is 40.6 Å². The first kappa shape index (κ1) is 15.3. The summed E-state index contributed by atoms with van der Waals surface area (Å²) in [4.78, 5) is 1.09. The Morgan fingerprint density at radius 3 is 2.65 bits per heavy atom. The molecule has 7 heteroatoms. The quantitative estimate of drug-likeness (QED) is 0.856. The minimum absolute atomic E-state index is 0.0975. The maximum absolute atomic E-state index is 12.6. The number of benzene rings is 1. The van der Waals surface area contributed by atoms with Crippen LogP contribution < -0.4 is 5.73 Å². The van der Waals surface area contributed by atoms with Gasteiger partial charge in [0.2, 0.25) is 10.0 Å². The van der Waals surface area contributed by atoms with Crippen molar-refractivity contribution in [2.75, 3.05) is 12.3 Å². The summed E-state index contributed by atoms with van der Waals surface area (Å²) < 4.78 is 26.7. The summed E-state index contributed by atoms with van der Waals surface area (Å²) in [7, 11) is -3.62. The van der Waals surface area contributed by atoms with E-state index in [-0.39, 0.29) is 10.6 Å². The van der Waals surface area contributed by atoms with Crippen molar-refractivity contribution >= 4 is 38.6 Å². The summed E-state index contributed by atoms with van der Waals surface area (Å²) >= 11 is 7.33. The number of anilines is 1. The molecule has 0 radical (unpaired) electrons. The number of sulfonamides is 1. The zero-order chi connectivity index (χ0) is 14.8. The maximum atomic E-state index is 12.6. The average Bonchev–Trinajstić information content (AvgIpc) is 2.88. The van der Waals surface area contributed by atoms with Gasteiger partial charge in [0.05, 0.1) is 5.69 Å². The molecule has 0 spiro atoms. The van der Waals surface area contributed by atoms with Crippen LogP contribution in [0.5, 0.6) is 0 Å². The van der Waals surface area contributed by atoms with Crippen LogP contribution in [0.2, 0.25) is 5.02 Å². The normalized spacial score (nSPS) is 11.9. The smallest absolute Gasteiger partial charge is 0.245 e. The third-order valence-corrected chi connectivity index (χ3v) is 5.95. The highest BCUT2D eigenvalue weighted by Crippen LogP contribution is 2.27. The first-order valence-electron chi connectivity index (χ1n) is 6.02. The molecule has 0 bridgehead atoms. The number of nitrogens with two attached hydrogens (primary N) is 1. The van der Waals surface area contributed by atoms with Crippen molar-refractivity contribution in [2.24, 2.45) is 0 Å². The second-order valence-electron chi connectivity index (χ2n) is 4.19. The van der Waals surface area contributed by atoms with Crippen LogP contribution in [-0.2, 0) is 16.6 Å². The van der Waals surface area contributed by atoms with Gasteiger partial charge in [-0.25, -0.2) is 8.42 Å². The number of halogens is 1. The second-order valence-corrected chi connectivity index (χ2v) is 7.57. The van der Waals surface area contributed by atoms with Gasteiger partial charge in [-0.05, 0) is 29.6 Å². The van der Waals surface area contributed by atoms with Gasteiger partial charge in [0.1, 0.15) is 4.90 Å². The van der Waals surface area contributed by atoms with Gasteiger partial charge in [-0.3, -0.25) is 0 Å². The fraction of sp³-hybridized carbons (Fsp3) is 0.231. The highest BCUT2D eigenvalue weighted by molar-refractivity contribution is 7.89. The fourth-order valence-electron chi connectivity index (χ4n) is 1.84. The summed E-state index contributed by atoms with van der Waals surface area (Å²) in [5.41, 5.74) is 5.95. The molecule has 4 nitrogen and oxygen atoms in total. The number of rotatable bonds is 5. The molecule has 1 aromatic heterocycles. The van der Waals surface area contributed by atoms with Crippen LogP contribution in [0, 0.1) is 0 Å². The number of hydrogen-bond acceptors (Lipinski definition) is 4. The van der Waals surface area contributed by atoms with Crippen molar-refractivity contribution in [2.45, 2.75) is 18.4 Å². The van der Waals surface area contributed by atoms with E-state index in [1.54, 1.807) is 6.92 Å². The minimum Gasteiger partial charge on any atom is -0.398 e. The standard InChI is InChI=1S/C13H15ClN2O2S2/c1-2-16(9-11-4-3-7-19-11)20(17,18)13-6-5-10(14)8-12(13)15/h3-8H,2,9,15H2,1H3. The predicted molar refractivity (Wildman–Crippen MR) is 83.5 cm³/mol. The molecule has 2 N–H and O–H groups in total. The third-order valence-electron chi connectivity index (χ3n) is 2.85. The SMILES string of the molecule is CCN(Cc1cccs1)S(=O)(=O)c1ccc(Cl)cc1N. The highest BCUT2D eigenvalue weighted by Gasteiger charge is 2.25. The van der Waals surface area contributed by atoms with Crippen LogP contribution in [0.1, 0.15) is 11.8 Å². The summed E-state index contributed by atoms with van der Waals surface area (Å²) in [6.45, 7) is 2.53. The Kier molecular flexibility index (Phi) is 4.70.